The lowest BCUT2D eigenvalue weighted by Gasteiger charge is -2.50. The third-order valence-electron chi connectivity index (χ3n) is 2.82. The molecule has 0 bridgehead atoms. The van der Waals surface area contributed by atoms with E-state index in [0.29, 0.717) is 0 Å². The summed E-state index contributed by atoms with van der Waals surface area (Å²) in [5.74, 6) is 0.0937. The third-order valence-corrected chi connectivity index (χ3v) is 2.82. The van der Waals surface area contributed by atoms with Crippen LogP contribution >= 0.6 is 0 Å². The second kappa shape index (κ2) is 2.82. The molecule has 0 aromatic heterocycles. The van der Waals surface area contributed by atoms with Crippen molar-refractivity contribution in [3.63, 3.8) is 0 Å². The Kier molecular flexibility index (Phi) is 1.86. The maximum atomic E-state index is 11.7. The first-order valence-electron chi connectivity index (χ1n) is 4.69. The standard InChI is InChI=1S/C11H14N2O/c1-11(2)9(12)13(10(11)14)8-6-4-3-5-7-8/h3-7,9H,12H2,1-2H3. The number of carbonyl (C=O) groups excluding carboxylic acids is 1. The van der Waals surface area contributed by atoms with E-state index in [4.69, 9.17) is 5.73 Å². The topological polar surface area (TPSA) is 46.3 Å². The molecule has 1 heterocycles. The summed E-state index contributed by atoms with van der Waals surface area (Å²) in [6.45, 7) is 3.75. The predicted octanol–water partition coefficient (Wildman–Crippen LogP) is 1.34. The summed E-state index contributed by atoms with van der Waals surface area (Å²) in [5.41, 5.74) is 6.39. The minimum absolute atomic E-state index is 0.0937. The number of hydrogen-bond acceptors (Lipinski definition) is 2. The van der Waals surface area contributed by atoms with Crippen LogP contribution in [0.15, 0.2) is 30.3 Å². The van der Waals surface area contributed by atoms with Gasteiger partial charge in [-0.25, -0.2) is 0 Å². The molecule has 1 fully saturated rings. The van der Waals surface area contributed by atoms with Crippen molar-refractivity contribution in [2.75, 3.05) is 4.90 Å². The van der Waals surface area contributed by atoms with Crippen LogP contribution in [0, 0.1) is 5.41 Å². The van der Waals surface area contributed by atoms with Gasteiger partial charge >= 0.3 is 0 Å². The first kappa shape index (κ1) is 9.21. The van der Waals surface area contributed by atoms with E-state index in [0.717, 1.165) is 5.69 Å². The van der Waals surface area contributed by atoms with E-state index in [1.54, 1.807) is 4.90 Å². The van der Waals surface area contributed by atoms with Gasteiger partial charge in [0.25, 0.3) is 0 Å². The molecule has 0 aliphatic carbocycles. The summed E-state index contributed by atoms with van der Waals surface area (Å²) in [5, 5.41) is 0. The minimum Gasteiger partial charge on any atom is -0.310 e. The fourth-order valence-electron chi connectivity index (χ4n) is 1.69. The highest BCUT2D eigenvalue weighted by atomic mass is 16.2. The van der Waals surface area contributed by atoms with Crippen LogP contribution in [-0.4, -0.2) is 12.1 Å². The van der Waals surface area contributed by atoms with Crippen molar-refractivity contribution < 1.29 is 4.79 Å². The summed E-state index contributed by atoms with van der Waals surface area (Å²) >= 11 is 0. The lowest BCUT2D eigenvalue weighted by molar-refractivity contribution is -0.136. The summed E-state index contributed by atoms with van der Waals surface area (Å²) in [7, 11) is 0. The molecule has 1 aliphatic heterocycles. The van der Waals surface area contributed by atoms with Crippen molar-refractivity contribution in [2.45, 2.75) is 20.0 Å². The van der Waals surface area contributed by atoms with Crippen LogP contribution in [-0.2, 0) is 4.79 Å². The van der Waals surface area contributed by atoms with Crippen LogP contribution in [0.3, 0.4) is 0 Å². The molecule has 2 N–H and O–H groups in total. The van der Waals surface area contributed by atoms with Gasteiger partial charge < -0.3 is 5.73 Å². The lowest BCUT2D eigenvalue weighted by atomic mass is 9.78. The molecular weight excluding hydrogens is 176 g/mol. The molecule has 1 aliphatic rings. The number of β-lactam (4-membered cyclic amide) rings is 1. The van der Waals surface area contributed by atoms with Gasteiger partial charge in [-0.15, -0.1) is 0 Å². The Labute approximate surface area is 83.5 Å². The maximum absolute atomic E-state index is 11.7. The van der Waals surface area contributed by atoms with Gasteiger partial charge in [0.1, 0.15) is 0 Å². The highest BCUT2D eigenvalue weighted by Gasteiger charge is 2.52. The van der Waals surface area contributed by atoms with Gasteiger partial charge in [-0.1, -0.05) is 18.2 Å². The van der Waals surface area contributed by atoms with Gasteiger partial charge in [-0.05, 0) is 26.0 Å². The molecule has 0 saturated carbocycles. The van der Waals surface area contributed by atoms with Crippen molar-refractivity contribution in [3.8, 4) is 0 Å². The Morgan fingerprint density at radius 3 is 2.36 bits per heavy atom. The van der Waals surface area contributed by atoms with Crippen LogP contribution < -0.4 is 10.6 Å². The zero-order valence-electron chi connectivity index (χ0n) is 8.40. The quantitative estimate of drug-likeness (QED) is 0.679. The normalized spacial score (nSPS) is 24.6. The lowest BCUT2D eigenvalue weighted by Crippen LogP contribution is -2.71. The molecule has 14 heavy (non-hydrogen) atoms. The molecule has 74 valence electrons. The number of nitrogens with zero attached hydrogens (tertiary/aromatic N) is 1. The molecule has 1 atom stereocenters. The van der Waals surface area contributed by atoms with E-state index in [1.807, 2.05) is 44.2 Å². The fourth-order valence-corrected chi connectivity index (χ4v) is 1.69. The van der Waals surface area contributed by atoms with Crippen LogP contribution in [0.5, 0.6) is 0 Å². The smallest absolute Gasteiger partial charge is 0.237 e. The number of anilines is 1. The van der Waals surface area contributed by atoms with E-state index >= 15 is 0 Å². The number of hydrogen-bond donors (Lipinski definition) is 1. The average Bonchev–Trinajstić information content (AvgIpc) is 2.20. The van der Waals surface area contributed by atoms with Crippen LogP contribution in [0.2, 0.25) is 0 Å². The van der Waals surface area contributed by atoms with E-state index < -0.39 is 5.41 Å². The van der Waals surface area contributed by atoms with Crippen LogP contribution in [0.4, 0.5) is 5.69 Å². The van der Waals surface area contributed by atoms with E-state index in [-0.39, 0.29) is 12.1 Å². The molecular formula is C11H14N2O. The highest BCUT2D eigenvalue weighted by molar-refractivity contribution is 6.05. The van der Waals surface area contributed by atoms with E-state index in [2.05, 4.69) is 0 Å². The Morgan fingerprint density at radius 1 is 1.29 bits per heavy atom. The van der Waals surface area contributed by atoms with Gasteiger partial charge in [-0.3, -0.25) is 9.69 Å². The van der Waals surface area contributed by atoms with Crippen molar-refractivity contribution in [3.05, 3.63) is 30.3 Å². The maximum Gasteiger partial charge on any atom is 0.237 e. The molecule has 3 nitrogen and oxygen atoms in total. The molecule has 1 amide bonds. The number of amides is 1. The average molecular weight is 190 g/mol. The summed E-state index contributed by atoms with van der Waals surface area (Å²) < 4.78 is 0. The number of carbonyl (C=O) groups is 1. The largest absolute Gasteiger partial charge is 0.310 e. The Morgan fingerprint density at radius 2 is 1.86 bits per heavy atom. The molecule has 1 saturated heterocycles. The van der Waals surface area contributed by atoms with Crippen molar-refractivity contribution in [2.24, 2.45) is 11.1 Å². The first-order chi connectivity index (χ1) is 6.55. The molecule has 1 aromatic rings. The summed E-state index contributed by atoms with van der Waals surface area (Å²) in [6, 6.07) is 9.52. The van der Waals surface area contributed by atoms with Crippen LogP contribution in [0.1, 0.15) is 13.8 Å². The van der Waals surface area contributed by atoms with Crippen molar-refractivity contribution in [1.29, 1.82) is 0 Å². The molecule has 3 heteroatoms. The Hall–Kier alpha value is -1.35. The molecule has 0 radical (unpaired) electrons. The fraction of sp³-hybridized carbons (Fsp3) is 0.364. The summed E-state index contributed by atoms with van der Waals surface area (Å²) in [6.07, 6.45) is -0.211. The van der Waals surface area contributed by atoms with Gasteiger partial charge in [0.15, 0.2) is 0 Å². The van der Waals surface area contributed by atoms with Crippen LogP contribution in [0.25, 0.3) is 0 Å². The van der Waals surface area contributed by atoms with Gasteiger partial charge in [0.05, 0.1) is 11.6 Å². The second-order valence-corrected chi connectivity index (χ2v) is 4.18. The monoisotopic (exact) mass is 190 g/mol. The predicted molar refractivity (Wildman–Crippen MR) is 55.7 cm³/mol. The van der Waals surface area contributed by atoms with E-state index in [1.165, 1.54) is 0 Å². The number of rotatable bonds is 1. The number of nitrogens with two attached hydrogens (primary N) is 1. The van der Waals surface area contributed by atoms with Gasteiger partial charge in [0.2, 0.25) is 5.91 Å². The van der Waals surface area contributed by atoms with Crippen molar-refractivity contribution >= 4 is 11.6 Å². The van der Waals surface area contributed by atoms with Crippen molar-refractivity contribution in [1.82, 2.24) is 0 Å². The SMILES string of the molecule is CC1(C)C(=O)N(c2ccccc2)C1N. The highest BCUT2D eigenvalue weighted by Crippen LogP contribution is 2.38. The molecule has 1 unspecified atom stereocenters. The second-order valence-electron chi connectivity index (χ2n) is 4.18. The number of benzene rings is 1. The Balaban J connectivity index is 2.29. The Bertz CT molecular complexity index is 359. The molecule has 0 spiro atoms. The van der Waals surface area contributed by atoms with E-state index in [9.17, 15) is 4.79 Å². The zero-order chi connectivity index (χ0) is 10.3. The third kappa shape index (κ3) is 1.06. The minimum atomic E-state index is -0.421. The first-order valence-corrected chi connectivity index (χ1v) is 4.69. The van der Waals surface area contributed by atoms with Gasteiger partial charge in [-0.2, -0.15) is 0 Å². The molecule has 1 aromatic carbocycles. The van der Waals surface area contributed by atoms with Gasteiger partial charge in [0, 0.05) is 5.69 Å². The zero-order valence-corrected chi connectivity index (χ0v) is 8.40. The molecule has 2 rings (SSSR count). The summed E-state index contributed by atoms with van der Waals surface area (Å²) in [4.78, 5) is 13.4. The number of para-hydroxylation sites is 1.